The van der Waals surface area contributed by atoms with Crippen molar-refractivity contribution in [2.24, 2.45) is 0 Å². The minimum Gasteiger partial charge on any atom is -0.481 e. The quantitative estimate of drug-likeness (QED) is 0.842. The number of nitrogens with one attached hydrogen (secondary N) is 1. The van der Waals surface area contributed by atoms with Gasteiger partial charge in [-0.1, -0.05) is 11.6 Å². The number of carboxylic acids is 1. The number of anilines is 1. The molecule has 1 aromatic carbocycles. The van der Waals surface area contributed by atoms with Gasteiger partial charge in [-0.2, -0.15) is 0 Å². The zero-order valence-corrected chi connectivity index (χ0v) is 12.9. The van der Waals surface area contributed by atoms with Gasteiger partial charge in [0.1, 0.15) is 0 Å². The first-order valence-electron chi connectivity index (χ1n) is 6.32. The van der Waals surface area contributed by atoms with E-state index in [9.17, 15) is 13.2 Å². The van der Waals surface area contributed by atoms with Gasteiger partial charge >= 0.3 is 5.97 Å². The van der Waals surface area contributed by atoms with Crippen molar-refractivity contribution < 1.29 is 18.3 Å². The van der Waals surface area contributed by atoms with E-state index in [4.69, 9.17) is 16.7 Å². The molecule has 116 valence electrons. The molecule has 0 aliphatic rings. The molecule has 2 N–H and O–H groups in total. The molecule has 0 fully saturated rings. The first kappa shape index (κ1) is 16.3. The Bertz CT molecular complexity index is 758. The molecule has 1 heterocycles. The monoisotopic (exact) mass is 340 g/mol. The van der Waals surface area contributed by atoms with Crippen molar-refractivity contribution in [3.05, 3.63) is 53.3 Å². The molecule has 0 radical (unpaired) electrons. The molecule has 0 atom stereocenters. The number of sulfonamides is 1. The van der Waals surface area contributed by atoms with Crippen LogP contribution in [0.2, 0.25) is 5.02 Å². The Morgan fingerprint density at radius 3 is 2.41 bits per heavy atom. The van der Waals surface area contributed by atoms with E-state index in [1.165, 1.54) is 36.5 Å². The molecule has 0 saturated heterocycles. The van der Waals surface area contributed by atoms with Crippen LogP contribution < -0.4 is 4.72 Å². The minimum absolute atomic E-state index is 0.0250. The van der Waals surface area contributed by atoms with Crippen LogP contribution in [-0.2, 0) is 21.2 Å². The Kier molecular flexibility index (Phi) is 4.99. The largest absolute Gasteiger partial charge is 0.481 e. The van der Waals surface area contributed by atoms with Gasteiger partial charge < -0.3 is 5.11 Å². The number of aryl methyl sites for hydroxylation is 1. The van der Waals surface area contributed by atoms with Crippen molar-refractivity contribution in [3.8, 4) is 0 Å². The summed E-state index contributed by atoms with van der Waals surface area (Å²) >= 11 is 5.72. The third-order valence-electron chi connectivity index (χ3n) is 2.80. The predicted molar refractivity (Wildman–Crippen MR) is 82.5 cm³/mol. The molecule has 2 aromatic rings. The third kappa shape index (κ3) is 4.44. The molecule has 0 aliphatic heterocycles. The van der Waals surface area contributed by atoms with E-state index >= 15 is 0 Å². The highest BCUT2D eigenvalue weighted by atomic mass is 35.5. The molecule has 8 heteroatoms. The Morgan fingerprint density at radius 1 is 1.18 bits per heavy atom. The summed E-state index contributed by atoms with van der Waals surface area (Å²) in [6.45, 7) is 0. The second-order valence-electron chi connectivity index (χ2n) is 4.49. The highest BCUT2D eigenvalue weighted by Gasteiger charge is 2.14. The number of carboxylic acid groups (broad SMARTS) is 1. The smallest absolute Gasteiger partial charge is 0.303 e. The number of halogens is 1. The molecule has 0 saturated carbocycles. The van der Waals surface area contributed by atoms with Gasteiger partial charge in [0.15, 0.2) is 0 Å². The molecule has 0 amide bonds. The summed E-state index contributed by atoms with van der Waals surface area (Å²) in [5, 5.41) is 9.05. The molecule has 0 bridgehead atoms. The number of hydrogen-bond acceptors (Lipinski definition) is 4. The summed E-state index contributed by atoms with van der Waals surface area (Å²) in [4.78, 5) is 14.6. The van der Waals surface area contributed by atoms with E-state index in [0.29, 0.717) is 22.8 Å². The van der Waals surface area contributed by atoms with E-state index in [1.54, 1.807) is 6.07 Å². The maximum absolute atomic E-state index is 12.2. The van der Waals surface area contributed by atoms with Crippen LogP contribution in [0.15, 0.2) is 47.5 Å². The fraction of sp³-hybridized carbons (Fsp3) is 0.143. The second-order valence-corrected chi connectivity index (χ2v) is 6.61. The van der Waals surface area contributed by atoms with Gasteiger partial charge in [0.2, 0.25) is 0 Å². The summed E-state index contributed by atoms with van der Waals surface area (Å²) in [7, 11) is -3.71. The molecule has 0 unspecified atom stereocenters. The number of rotatable bonds is 6. The first-order valence-corrected chi connectivity index (χ1v) is 8.18. The van der Waals surface area contributed by atoms with Crippen molar-refractivity contribution in [3.63, 3.8) is 0 Å². The van der Waals surface area contributed by atoms with E-state index in [-0.39, 0.29) is 11.3 Å². The summed E-state index contributed by atoms with van der Waals surface area (Å²) in [5.41, 5.74) is 0.880. The van der Waals surface area contributed by atoms with Gasteiger partial charge in [-0.25, -0.2) is 8.42 Å². The fourth-order valence-electron chi connectivity index (χ4n) is 1.70. The van der Waals surface area contributed by atoms with Crippen LogP contribution in [0.25, 0.3) is 0 Å². The van der Waals surface area contributed by atoms with Crippen LogP contribution in [0.4, 0.5) is 5.69 Å². The lowest BCUT2D eigenvalue weighted by Crippen LogP contribution is -2.13. The van der Waals surface area contributed by atoms with Crippen LogP contribution in [0.1, 0.15) is 12.1 Å². The average Bonchev–Trinajstić information content (AvgIpc) is 2.46. The Morgan fingerprint density at radius 2 is 1.86 bits per heavy atom. The van der Waals surface area contributed by atoms with E-state index in [1.807, 2.05) is 0 Å². The Balaban J connectivity index is 2.09. The number of aliphatic carboxylic acids is 1. The maximum Gasteiger partial charge on any atom is 0.303 e. The zero-order valence-electron chi connectivity index (χ0n) is 11.4. The van der Waals surface area contributed by atoms with Gasteiger partial charge in [-0.05, 0) is 36.4 Å². The van der Waals surface area contributed by atoms with Crippen molar-refractivity contribution in [2.75, 3.05) is 4.72 Å². The van der Waals surface area contributed by atoms with Gasteiger partial charge in [-0.15, -0.1) is 0 Å². The summed E-state index contributed by atoms with van der Waals surface area (Å²) in [6.07, 6.45) is 1.62. The highest BCUT2D eigenvalue weighted by Crippen LogP contribution is 2.18. The number of aromatic nitrogens is 1. The van der Waals surface area contributed by atoms with E-state index in [0.717, 1.165) is 0 Å². The van der Waals surface area contributed by atoms with Gasteiger partial charge in [0.05, 0.1) is 23.2 Å². The lowest BCUT2D eigenvalue weighted by Gasteiger charge is -2.08. The second kappa shape index (κ2) is 6.76. The van der Waals surface area contributed by atoms with Crippen LogP contribution in [0.3, 0.4) is 0 Å². The van der Waals surface area contributed by atoms with Gasteiger partial charge in [-0.3, -0.25) is 14.5 Å². The molecule has 2 rings (SSSR count). The van der Waals surface area contributed by atoms with E-state index < -0.39 is 16.0 Å². The number of carbonyl (C=O) groups is 1. The molecular formula is C14H13ClN2O4S. The van der Waals surface area contributed by atoms with Gasteiger partial charge in [0.25, 0.3) is 10.0 Å². The molecule has 22 heavy (non-hydrogen) atoms. The molecular weight excluding hydrogens is 328 g/mol. The number of benzene rings is 1. The molecule has 0 aliphatic carbocycles. The summed E-state index contributed by atoms with van der Waals surface area (Å²) in [6, 6.07) is 8.91. The molecule has 0 spiro atoms. The summed E-state index contributed by atoms with van der Waals surface area (Å²) in [5.74, 6) is -0.908. The SMILES string of the molecule is O=C(O)CCc1ccc(NS(=O)(=O)c2ccc(Cl)cc2)cn1. The minimum atomic E-state index is -3.71. The van der Waals surface area contributed by atoms with E-state index in [2.05, 4.69) is 9.71 Å². The third-order valence-corrected chi connectivity index (χ3v) is 4.45. The summed E-state index contributed by atoms with van der Waals surface area (Å²) < 4.78 is 26.7. The topological polar surface area (TPSA) is 96.4 Å². The standard InChI is InChI=1S/C14H13ClN2O4S/c15-10-1-6-13(7-2-10)22(20,21)17-12-4-3-11(16-9-12)5-8-14(18)19/h1-4,6-7,9,17H,5,8H2,(H,18,19). The van der Waals surface area contributed by atoms with Crippen molar-refractivity contribution in [1.82, 2.24) is 4.98 Å². The first-order chi connectivity index (χ1) is 10.4. The number of pyridine rings is 1. The van der Waals surface area contributed by atoms with Crippen molar-refractivity contribution >= 4 is 33.3 Å². The Hall–Kier alpha value is -2.12. The fourth-order valence-corrected chi connectivity index (χ4v) is 2.86. The van der Waals surface area contributed by atoms with Crippen LogP contribution in [0, 0.1) is 0 Å². The normalized spacial score (nSPS) is 11.1. The lowest BCUT2D eigenvalue weighted by atomic mass is 10.2. The Labute approximate surface area is 132 Å². The lowest BCUT2D eigenvalue weighted by molar-refractivity contribution is -0.136. The zero-order chi connectivity index (χ0) is 16.2. The maximum atomic E-state index is 12.2. The molecule has 1 aromatic heterocycles. The van der Waals surface area contributed by atoms with Crippen molar-refractivity contribution in [2.45, 2.75) is 17.7 Å². The highest BCUT2D eigenvalue weighted by molar-refractivity contribution is 7.92. The van der Waals surface area contributed by atoms with Gasteiger partial charge in [0, 0.05) is 17.1 Å². The van der Waals surface area contributed by atoms with Crippen LogP contribution >= 0.6 is 11.6 Å². The molecule has 6 nitrogen and oxygen atoms in total. The predicted octanol–water partition coefficient (Wildman–Crippen LogP) is 2.55. The van der Waals surface area contributed by atoms with Crippen LogP contribution in [-0.4, -0.2) is 24.5 Å². The van der Waals surface area contributed by atoms with Crippen molar-refractivity contribution in [1.29, 1.82) is 0 Å². The number of nitrogens with zero attached hydrogens (tertiary/aromatic N) is 1. The van der Waals surface area contributed by atoms with Crippen LogP contribution in [0.5, 0.6) is 0 Å². The number of hydrogen-bond donors (Lipinski definition) is 2. The average molecular weight is 341 g/mol.